The highest BCUT2D eigenvalue weighted by Crippen LogP contribution is 2.13. The van der Waals surface area contributed by atoms with E-state index in [1.54, 1.807) is 5.51 Å². The molecule has 0 saturated carbocycles. The number of hydrogen-bond donors (Lipinski definition) is 2. The van der Waals surface area contributed by atoms with Gasteiger partial charge in [0, 0.05) is 11.1 Å². The van der Waals surface area contributed by atoms with Gasteiger partial charge in [0.15, 0.2) is 5.69 Å². The van der Waals surface area contributed by atoms with E-state index in [0.717, 1.165) is 10.6 Å². The zero-order valence-corrected chi connectivity index (χ0v) is 9.86. The van der Waals surface area contributed by atoms with Crippen LogP contribution in [-0.2, 0) is 6.54 Å². The molecule has 2 aromatic heterocycles. The van der Waals surface area contributed by atoms with Gasteiger partial charge >= 0.3 is 5.97 Å². The van der Waals surface area contributed by atoms with Gasteiger partial charge in [0.1, 0.15) is 0 Å². The molecule has 0 spiro atoms. The summed E-state index contributed by atoms with van der Waals surface area (Å²) in [5.41, 5.74) is 2.70. The van der Waals surface area contributed by atoms with E-state index < -0.39 is 5.97 Å². The Hall–Kier alpha value is -2.02. The van der Waals surface area contributed by atoms with Crippen LogP contribution in [0, 0.1) is 6.92 Å². The number of anilines is 1. The number of carbonyl (C=O) groups is 1. The van der Waals surface area contributed by atoms with Crippen LogP contribution in [-0.4, -0.2) is 26.0 Å². The van der Waals surface area contributed by atoms with Gasteiger partial charge in [-0.1, -0.05) is 0 Å². The van der Waals surface area contributed by atoms with Gasteiger partial charge in [0.2, 0.25) is 5.95 Å². The van der Waals surface area contributed by atoms with Crippen LogP contribution in [0.3, 0.4) is 0 Å². The van der Waals surface area contributed by atoms with E-state index in [9.17, 15) is 4.79 Å². The summed E-state index contributed by atoms with van der Waals surface area (Å²) in [6.45, 7) is 2.46. The summed E-state index contributed by atoms with van der Waals surface area (Å²) in [6.07, 6.45) is 1.41. The lowest BCUT2D eigenvalue weighted by molar-refractivity contribution is 0.0690. The topological polar surface area (TPSA) is 88.0 Å². The Morgan fingerprint density at radius 1 is 1.53 bits per heavy atom. The van der Waals surface area contributed by atoms with E-state index in [1.807, 2.05) is 6.92 Å². The highest BCUT2D eigenvalue weighted by atomic mass is 32.1. The SMILES string of the molecule is Cc1ncsc1CNc1nccc(C(=O)O)n1. The highest BCUT2D eigenvalue weighted by Gasteiger charge is 2.07. The Morgan fingerprint density at radius 3 is 3.00 bits per heavy atom. The molecule has 0 saturated heterocycles. The molecule has 0 aliphatic rings. The lowest BCUT2D eigenvalue weighted by Gasteiger charge is -2.03. The molecule has 6 nitrogen and oxygen atoms in total. The van der Waals surface area contributed by atoms with Crippen molar-refractivity contribution in [3.8, 4) is 0 Å². The Morgan fingerprint density at radius 2 is 2.35 bits per heavy atom. The van der Waals surface area contributed by atoms with Crippen molar-refractivity contribution in [2.45, 2.75) is 13.5 Å². The van der Waals surface area contributed by atoms with Gasteiger partial charge in [-0.25, -0.2) is 19.7 Å². The molecule has 2 aromatic rings. The number of nitrogens with one attached hydrogen (secondary N) is 1. The van der Waals surface area contributed by atoms with Crippen molar-refractivity contribution in [1.29, 1.82) is 0 Å². The molecule has 0 unspecified atom stereocenters. The Kier molecular flexibility index (Phi) is 3.29. The van der Waals surface area contributed by atoms with Crippen molar-refractivity contribution in [3.63, 3.8) is 0 Å². The molecule has 0 radical (unpaired) electrons. The van der Waals surface area contributed by atoms with Crippen LogP contribution in [0.4, 0.5) is 5.95 Å². The fraction of sp³-hybridized carbons (Fsp3) is 0.200. The number of carboxylic acid groups (broad SMARTS) is 1. The van der Waals surface area contributed by atoms with Crippen molar-refractivity contribution in [1.82, 2.24) is 15.0 Å². The number of aromatic carboxylic acids is 1. The second-order valence-corrected chi connectivity index (χ2v) is 4.22. The van der Waals surface area contributed by atoms with Crippen LogP contribution in [0.2, 0.25) is 0 Å². The molecule has 0 fully saturated rings. The third-order valence-corrected chi connectivity index (χ3v) is 3.06. The fourth-order valence-electron chi connectivity index (χ4n) is 1.22. The highest BCUT2D eigenvalue weighted by molar-refractivity contribution is 7.09. The monoisotopic (exact) mass is 250 g/mol. The van der Waals surface area contributed by atoms with Crippen LogP contribution >= 0.6 is 11.3 Å². The molecule has 2 rings (SSSR count). The first-order chi connectivity index (χ1) is 8.16. The number of thiazole rings is 1. The lowest BCUT2D eigenvalue weighted by atomic mass is 10.4. The number of hydrogen-bond acceptors (Lipinski definition) is 6. The first-order valence-electron chi connectivity index (χ1n) is 4.86. The van der Waals surface area contributed by atoms with Crippen LogP contribution in [0.15, 0.2) is 17.8 Å². The van der Waals surface area contributed by atoms with Crippen molar-refractivity contribution in [3.05, 3.63) is 34.0 Å². The van der Waals surface area contributed by atoms with Crippen LogP contribution < -0.4 is 5.32 Å². The van der Waals surface area contributed by atoms with E-state index in [-0.39, 0.29) is 5.69 Å². The second kappa shape index (κ2) is 4.88. The molecular formula is C10H10N4O2S. The molecular weight excluding hydrogens is 240 g/mol. The van der Waals surface area contributed by atoms with Gasteiger partial charge in [0.25, 0.3) is 0 Å². The molecule has 0 aliphatic carbocycles. The molecule has 7 heteroatoms. The third kappa shape index (κ3) is 2.76. The van der Waals surface area contributed by atoms with E-state index in [2.05, 4.69) is 20.3 Å². The minimum absolute atomic E-state index is 0.0245. The maximum Gasteiger partial charge on any atom is 0.354 e. The molecule has 88 valence electrons. The predicted octanol–water partition coefficient (Wildman–Crippen LogP) is 1.55. The predicted molar refractivity (Wildman–Crippen MR) is 63.2 cm³/mol. The molecule has 2 heterocycles. The van der Waals surface area contributed by atoms with Crippen molar-refractivity contribution in [2.75, 3.05) is 5.32 Å². The summed E-state index contributed by atoms with van der Waals surface area (Å²) in [5.74, 6) is -0.762. The van der Waals surface area contributed by atoms with Crippen LogP contribution in [0.1, 0.15) is 21.1 Å². The second-order valence-electron chi connectivity index (χ2n) is 3.29. The Balaban J connectivity index is 2.07. The number of aromatic nitrogens is 3. The average Bonchev–Trinajstić information content (AvgIpc) is 2.72. The average molecular weight is 250 g/mol. The van der Waals surface area contributed by atoms with Crippen molar-refractivity contribution < 1.29 is 9.90 Å². The van der Waals surface area contributed by atoms with Gasteiger partial charge in [-0.15, -0.1) is 11.3 Å². The first-order valence-corrected chi connectivity index (χ1v) is 5.74. The molecule has 0 atom stereocenters. The summed E-state index contributed by atoms with van der Waals surface area (Å²) in [6, 6.07) is 1.35. The zero-order valence-electron chi connectivity index (χ0n) is 9.04. The normalized spacial score (nSPS) is 10.2. The van der Waals surface area contributed by atoms with E-state index >= 15 is 0 Å². The molecule has 0 bridgehead atoms. The summed E-state index contributed by atoms with van der Waals surface area (Å²) < 4.78 is 0. The largest absolute Gasteiger partial charge is 0.477 e. The standard InChI is InChI=1S/C10H10N4O2S/c1-6-8(17-5-13-6)4-12-10-11-3-2-7(14-10)9(15)16/h2-3,5H,4H2,1H3,(H,15,16)(H,11,12,14). The van der Waals surface area contributed by atoms with Gasteiger partial charge in [-0.05, 0) is 13.0 Å². The molecule has 2 N–H and O–H groups in total. The quantitative estimate of drug-likeness (QED) is 0.856. The third-order valence-electron chi connectivity index (χ3n) is 2.13. The van der Waals surface area contributed by atoms with Gasteiger partial charge in [-0.2, -0.15) is 0 Å². The smallest absolute Gasteiger partial charge is 0.354 e. The molecule has 17 heavy (non-hydrogen) atoms. The maximum atomic E-state index is 10.7. The number of rotatable bonds is 4. The molecule has 0 amide bonds. The Labute approximate surface area is 101 Å². The minimum atomic E-state index is -1.07. The first kappa shape index (κ1) is 11.5. The number of carboxylic acids is 1. The minimum Gasteiger partial charge on any atom is -0.477 e. The fourth-order valence-corrected chi connectivity index (χ4v) is 1.94. The summed E-state index contributed by atoms with van der Waals surface area (Å²) in [4.78, 5) is 23.7. The van der Waals surface area contributed by atoms with E-state index in [4.69, 9.17) is 5.11 Å². The number of nitrogens with zero attached hydrogens (tertiary/aromatic N) is 3. The van der Waals surface area contributed by atoms with Gasteiger partial charge in [0.05, 0.1) is 17.7 Å². The van der Waals surface area contributed by atoms with E-state index in [1.165, 1.54) is 23.6 Å². The summed E-state index contributed by atoms with van der Waals surface area (Å²) in [5, 5.41) is 11.7. The molecule has 0 aliphatic heterocycles. The van der Waals surface area contributed by atoms with Crippen LogP contribution in [0.5, 0.6) is 0 Å². The molecule has 0 aromatic carbocycles. The number of aryl methyl sites for hydroxylation is 1. The van der Waals surface area contributed by atoms with Crippen LogP contribution in [0.25, 0.3) is 0 Å². The zero-order chi connectivity index (χ0) is 12.3. The summed E-state index contributed by atoms with van der Waals surface area (Å²) >= 11 is 1.53. The Bertz CT molecular complexity index is 541. The van der Waals surface area contributed by atoms with Crippen molar-refractivity contribution >= 4 is 23.3 Å². The lowest BCUT2D eigenvalue weighted by Crippen LogP contribution is -2.07. The van der Waals surface area contributed by atoms with Crippen molar-refractivity contribution in [2.24, 2.45) is 0 Å². The maximum absolute atomic E-state index is 10.7. The van der Waals surface area contributed by atoms with E-state index in [0.29, 0.717) is 12.5 Å². The summed E-state index contributed by atoms with van der Waals surface area (Å²) in [7, 11) is 0. The van der Waals surface area contributed by atoms with Gasteiger partial charge in [-0.3, -0.25) is 0 Å². The van der Waals surface area contributed by atoms with Gasteiger partial charge < -0.3 is 10.4 Å².